The smallest absolute Gasteiger partial charge is 0.199 e. The molecule has 0 spiro atoms. The van der Waals surface area contributed by atoms with Gasteiger partial charge in [0.05, 0.1) is 36.3 Å². The molecule has 1 saturated heterocycles. The Kier molecular flexibility index (Phi) is 7.13. The minimum absolute atomic E-state index is 0.168. The Morgan fingerprint density at radius 3 is 2.70 bits per heavy atom. The molecule has 0 saturated carbocycles. The fourth-order valence-electron chi connectivity index (χ4n) is 3.14. The molecule has 142 valence electrons. The zero-order chi connectivity index (χ0) is 19.1. The standard InChI is InChI=1S/C18H22N6OS2/c19-7-3-9-22(10-4-8-20)14-24-18(26)23(13-15-5-1-11-25-15)17(21-24)16-6-2-12-27-16/h2,6,12,15H,1,3-5,9-11,13-14H2/t15-/m0/s1. The number of nitrogens with zero attached hydrogens (tertiary/aromatic N) is 6. The normalized spacial score (nSPS) is 16.5. The van der Waals surface area contributed by atoms with Crippen LogP contribution in [-0.2, 0) is 18.0 Å². The van der Waals surface area contributed by atoms with Crippen molar-refractivity contribution in [2.24, 2.45) is 0 Å². The molecule has 2 aromatic rings. The highest BCUT2D eigenvalue weighted by Crippen LogP contribution is 2.25. The maximum absolute atomic E-state index is 8.89. The Labute approximate surface area is 168 Å². The number of nitriles is 2. The van der Waals surface area contributed by atoms with Crippen LogP contribution in [0.4, 0.5) is 0 Å². The molecule has 7 nitrogen and oxygen atoms in total. The van der Waals surface area contributed by atoms with Gasteiger partial charge in [-0.15, -0.1) is 16.4 Å². The van der Waals surface area contributed by atoms with E-state index in [1.807, 2.05) is 22.4 Å². The van der Waals surface area contributed by atoms with Gasteiger partial charge < -0.3 is 4.74 Å². The summed E-state index contributed by atoms with van der Waals surface area (Å²) in [6.45, 7) is 3.15. The van der Waals surface area contributed by atoms with Gasteiger partial charge in [0.2, 0.25) is 0 Å². The zero-order valence-electron chi connectivity index (χ0n) is 15.1. The predicted octanol–water partition coefficient (Wildman–Crippen LogP) is 3.41. The lowest BCUT2D eigenvalue weighted by Crippen LogP contribution is -2.29. The number of rotatable bonds is 9. The Bertz CT molecular complexity index is 849. The molecule has 9 heteroatoms. The van der Waals surface area contributed by atoms with Crippen molar-refractivity contribution in [3.8, 4) is 22.8 Å². The first-order valence-corrected chi connectivity index (χ1v) is 10.3. The Morgan fingerprint density at radius 2 is 2.11 bits per heavy atom. The largest absolute Gasteiger partial charge is 0.376 e. The summed E-state index contributed by atoms with van der Waals surface area (Å²) in [7, 11) is 0. The van der Waals surface area contributed by atoms with Crippen molar-refractivity contribution in [1.82, 2.24) is 19.2 Å². The van der Waals surface area contributed by atoms with E-state index in [9.17, 15) is 0 Å². The molecule has 2 aromatic heterocycles. The quantitative estimate of drug-likeness (QED) is 0.598. The van der Waals surface area contributed by atoms with Crippen molar-refractivity contribution in [3.05, 3.63) is 22.3 Å². The van der Waals surface area contributed by atoms with E-state index in [4.69, 9.17) is 32.6 Å². The van der Waals surface area contributed by atoms with Gasteiger partial charge in [0.1, 0.15) is 0 Å². The monoisotopic (exact) mass is 402 g/mol. The van der Waals surface area contributed by atoms with Crippen LogP contribution in [0, 0.1) is 27.4 Å². The van der Waals surface area contributed by atoms with Crippen molar-refractivity contribution in [3.63, 3.8) is 0 Å². The second-order valence-corrected chi connectivity index (χ2v) is 7.72. The molecule has 0 amide bonds. The third-order valence-corrected chi connectivity index (χ3v) is 5.79. The van der Waals surface area contributed by atoms with Gasteiger partial charge in [0, 0.05) is 32.5 Å². The molecule has 1 aliphatic heterocycles. The molecule has 0 radical (unpaired) electrons. The van der Waals surface area contributed by atoms with Crippen LogP contribution in [0.2, 0.25) is 0 Å². The number of thiophene rings is 1. The van der Waals surface area contributed by atoms with E-state index in [2.05, 4.69) is 16.7 Å². The van der Waals surface area contributed by atoms with Gasteiger partial charge in [0.15, 0.2) is 10.6 Å². The number of hydrogen-bond donors (Lipinski definition) is 0. The summed E-state index contributed by atoms with van der Waals surface area (Å²) in [6.07, 6.45) is 3.10. The van der Waals surface area contributed by atoms with Crippen LogP contribution < -0.4 is 0 Å². The van der Waals surface area contributed by atoms with E-state index in [1.165, 1.54) is 0 Å². The molecule has 1 aliphatic rings. The lowest BCUT2D eigenvalue weighted by molar-refractivity contribution is 0.0967. The zero-order valence-corrected chi connectivity index (χ0v) is 16.7. The maximum Gasteiger partial charge on any atom is 0.199 e. The summed E-state index contributed by atoms with van der Waals surface area (Å²) >= 11 is 7.35. The molecule has 0 N–H and O–H groups in total. The Morgan fingerprint density at radius 1 is 1.33 bits per heavy atom. The molecular weight excluding hydrogens is 380 g/mol. The van der Waals surface area contributed by atoms with Crippen LogP contribution in [-0.4, -0.2) is 45.0 Å². The summed E-state index contributed by atoms with van der Waals surface area (Å²) in [5, 5.41) is 24.6. The van der Waals surface area contributed by atoms with Crippen molar-refractivity contribution in [1.29, 1.82) is 10.5 Å². The van der Waals surface area contributed by atoms with E-state index < -0.39 is 0 Å². The van der Waals surface area contributed by atoms with Crippen LogP contribution in [0.25, 0.3) is 10.7 Å². The Balaban J connectivity index is 1.87. The summed E-state index contributed by atoms with van der Waals surface area (Å²) in [6, 6.07) is 8.37. The van der Waals surface area contributed by atoms with Gasteiger partial charge in [0.25, 0.3) is 0 Å². The first-order valence-electron chi connectivity index (χ1n) is 9.02. The van der Waals surface area contributed by atoms with Gasteiger partial charge in [-0.1, -0.05) is 6.07 Å². The van der Waals surface area contributed by atoms with Crippen molar-refractivity contribution >= 4 is 23.6 Å². The third kappa shape index (κ3) is 5.02. The first kappa shape index (κ1) is 19.7. The van der Waals surface area contributed by atoms with Crippen molar-refractivity contribution < 1.29 is 4.74 Å². The van der Waals surface area contributed by atoms with Crippen molar-refractivity contribution in [2.75, 3.05) is 19.7 Å². The molecule has 3 heterocycles. The predicted molar refractivity (Wildman–Crippen MR) is 105 cm³/mol. The second kappa shape index (κ2) is 9.77. The van der Waals surface area contributed by atoms with Gasteiger partial charge in [-0.05, 0) is 36.5 Å². The van der Waals surface area contributed by atoms with Gasteiger partial charge >= 0.3 is 0 Å². The first-order chi connectivity index (χ1) is 13.2. The topological polar surface area (TPSA) is 82.8 Å². The van der Waals surface area contributed by atoms with Gasteiger partial charge in [-0.25, -0.2) is 4.68 Å². The van der Waals surface area contributed by atoms with Gasteiger partial charge in [-0.3, -0.25) is 9.47 Å². The van der Waals surface area contributed by atoms with Crippen LogP contribution in [0.15, 0.2) is 17.5 Å². The molecule has 0 unspecified atom stereocenters. The summed E-state index contributed by atoms with van der Waals surface area (Å²) in [5.74, 6) is 0.853. The Hall–Kier alpha value is -2.04. The second-order valence-electron chi connectivity index (χ2n) is 6.40. The van der Waals surface area contributed by atoms with Crippen molar-refractivity contribution in [2.45, 2.75) is 45.0 Å². The SMILES string of the molecule is N#CCCN(CCC#N)Cn1nc(-c2cccs2)n(C[C@@H]2CCCO2)c1=S. The number of ether oxygens (including phenoxy) is 1. The molecule has 1 fully saturated rings. The van der Waals surface area contributed by atoms with Crippen LogP contribution in [0.1, 0.15) is 25.7 Å². The summed E-state index contributed by atoms with van der Waals surface area (Å²) in [4.78, 5) is 3.11. The highest BCUT2D eigenvalue weighted by Gasteiger charge is 2.21. The lowest BCUT2D eigenvalue weighted by Gasteiger charge is -2.19. The maximum atomic E-state index is 8.89. The molecular formula is C18H22N6OS2. The van der Waals surface area contributed by atoms with Crippen LogP contribution in [0.5, 0.6) is 0 Å². The van der Waals surface area contributed by atoms with Crippen LogP contribution in [0.3, 0.4) is 0 Å². The third-order valence-electron chi connectivity index (χ3n) is 4.49. The molecule has 1 atom stereocenters. The summed E-state index contributed by atoms with van der Waals surface area (Å²) < 4.78 is 10.3. The average Bonchev–Trinajstić information content (AvgIpc) is 3.42. The molecule has 27 heavy (non-hydrogen) atoms. The molecule has 0 aliphatic carbocycles. The van der Waals surface area contributed by atoms with E-state index in [0.29, 0.717) is 43.9 Å². The number of hydrogen-bond acceptors (Lipinski definition) is 7. The minimum Gasteiger partial charge on any atom is -0.376 e. The molecule has 0 aromatic carbocycles. The van der Waals surface area contributed by atoms with Crippen LogP contribution >= 0.6 is 23.6 Å². The molecule has 0 bridgehead atoms. The summed E-state index contributed by atoms with van der Waals surface area (Å²) in [5.41, 5.74) is 0. The average molecular weight is 403 g/mol. The highest BCUT2D eigenvalue weighted by atomic mass is 32.1. The van der Waals surface area contributed by atoms with E-state index in [1.54, 1.807) is 16.0 Å². The molecule has 3 rings (SSSR count). The fourth-order valence-corrected chi connectivity index (χ4v) is 4.11. The fraction of sp³-hybridized carbons (Fsp3) is 0.556. The highest BCUT2D eigenvalue weighted by molar-refractivity contribution is 7.71. The van der Waals surface area contributed by atoms with E-state index in [-0.39, 0.29) is 6.10 Å². The van der Waals surface area contributed by atoms with E-state index in [0.717, 1.165) is 30.2 Å². The van der Waals surface area contributed by atoms with E-state index >= 15 is 0 Å². The minimum atomic E-state index is 0.168. The lowest BCUT2D eigenvalue weighted by atomic mass is 10.2. The number of aromatic nitrogens is 3. The van der Waals surface area contributed by atoms with Gasteiger partial charge in [-0.2, -0.15) is 10.5 Å².